The molecule has 1 aromatic heterocycles. The number of imidazole rings is 1. The molecule has 4 nitrogen and oxygen atoms in total. The molecule has 0 spiro atoms. The van der Waals surface area contributed by atoms with E-state index in [0.717, 1.165) is 22.2 Å². The number of aryl methyl sites for hydroxylation is 1. The third kappa shape index (κ3) is 3.01. The third-order valence-corrected chi connectivity index (χ3v) is 3.83. The van der Waals surface area contributed by atoms with E-state index in [9.17, 15) is 4.79 Å². The van der Waals surface area contributed by atoms with E-state index in [1.165, 1.54) is 0 Å². The fourth-order valence-electron chi connectivity index (χ4n) is 2.55. The summed E-state index contributed by atoms with van der Waals surface area (Å²) in [6, 6.07) is 16.0. The lowest BCUT2D eigenvalue weighted by Gasteiger charge is -2.17. The van der Waals surface area contributed by atoms with Gasteiger partial charge in [-0.3, -0.25) is 4.79 Å². The van der Waals surface area contributed by atoms with Gasteiger partial charge in [0.15, 0.2) is 0 Å². The number of carbonyl (C=O) groups is 1. The van der Waals surface area contributed by atoms with E-state index < -0.39 is 0 Å². The van der Waals surface area contributed by atoms with Gasteiger partial charge < -0.3 is 9.47 Å². The van der Waals surface area contributed by atoms with Gasteiger partial charge in [0.1, 0.15) is 0 Å². The van der Waals surface area contributed by atoms with Gasteiger partial charge in [0, 0.05) is 20.6 Å². The van der Waals surface area contributed by atoms with Crippen molar-refractivity contribution in [3.05, 3.63) is 66.0 Å². The maximum Gasteiger partial charge on any atom is 0.227 e. The highest BCUT2D eigenvalue weighted by Crippen LogP contribution is 2.15. The molecule has 112 valence electrons. The summed E-state index contributed by atoms with van der Waals surface area (Å²) >= 11 is 0. The third-order valence-electron chi connectivity index (χ3n) is 3.83. The molecule has 3 aromatic rings. The lowest BCUT2D eigenvalue weighted by Crippen LogP contribution is -2.27. The monoisotopic (exact) mass is 293 g/mol. The summed E-state index contributed by atoms with van der Waals surface area (Å²) in [7, 11) is 3.81. The number of benzene rings is 2. The Hall–Kier alpha value is -2.62. The van der Waals surface area contributed by atoms with Crippen molar-refractivity contribution in [2.45, 2.75) is 13.0 Å². The zero-order valence-corrected chi connectivity index (χ0v) is 12.9. The van der Waals surface area contributed by atoms with Crippen LogP contribution in [-0.4, -0.2) is 27.4 Å². The zero-order valence-electron chi connectivity index (χ0n) is 12.9. The SMILES string of the molecule is CN(Cc1ccccc1)C(=O)Cc1ccc2c(c1)ncn2C. The number of rotatable bonds is 4. The van der Waals surface area contributed by atoms with E-state index in [4.69, 9.17) is 0 Å². The Bertz CT molecular complexity index is 792. The molecule has 0 aliphatic heterocycles. The van der Waals surface area contributed by atoms with Crippen LogP contribution in [0.5, 0.6) is 0 Å². The average Bonchev–Trinajstić information content (AvgIpc) is 2.89. The van der Waals surface area contributed by atoms with Crippen LogP contribution in [0.2, 0.25) is 0 Å². The van der Waals surface area contributed by atoms with Crippen molar-refractivity contribution >= 4 is 16.9 Å². The second-order valence-electron chi connectivity index (χ2n) is 5.59. The van der Waals surface area contributed by atoms with E-state index >= 15 is 0 Å². The smallest absolute Gasteiger partial charge is 0.227 e. The highest BCUT2D eigenvalue weighted by atomic mass is 16.2. The van der Waals surface area contributed by atoms with Crippen molar-refractivity contribution < 1.29 is 4.79 Å². The number of hydrogen-bond acceptors (Lipinski definition) is 2. The van der Waals surface area contributed by atoms with E-state index in [1.54, 1.807) is 11.2 Å². The van der Waals surface area contributed by atoms with Crippen LogP contribution in [0, 0.1) is 0 Å². The van der Waals surface area contributed by atoms with E-state index in [1.807, 2.05) is 67.2 Å². The Morgan fingerprint density at radius 3 is 2.68 bits per heavy atom. The van der Waals surface area contributed by atoms with Gasteiger partial charge in [0.2, 0.25) is 5.91 Å². The maximum absolute atomic E-state index is 12.4. The molecule has 0 unspecified atom stereocenters. The molecule has 3 rings (SSSR count). The van der Waals surface area contributed by atoms with Crippen molar-refractivity contribution in [2.75, 3.05) is 7.05 Å². The molecular weight excluding hydrogens is 274 g/mol. The fraction of sp³-hybridized carbons (Fsp3) is 0.222. The summed E-state index contributed by atoms with van der Waals surface area (Å²) < 4.78 is 1.97. The molecule has 0 N–H and O–H groups in total. The average molecular weight is 293 g/mol. The predicted molar refractivity (Wildman–Crippen MR) is 87.3 cm³/mol. The number of nitrogens with zero attached hydrogens (tertiary/aromatic N) is 3. The first kappa shape index (κ1) is 14.3. The highest BCUT2D eigenvalue weighted by molar-refractivity contribution is 5.81. The van der Waals surface area contributed by atoms with Crippen molar-refractivity contribution in [3.8, 4) is 0 Å². The van der Waals surface area contributed by atoms with Gasteiger partial charge in [-0.25, -0.2) is 4.98 Å². The van der Waals surface area contributed by atoms with Gasteiger partial charge in [0.25, 0.3) is 0 Å². The molecule has 0 radical (unpaired) electrons. The van der Waals surface area contributed by atoms with Gasteiger partial charge in [-0.1, -0.05) is 36.4 Å². The first-order valence-corrected chi connectivity index (χ1v) is 7.31. The van der Waals surface area contributed by atoms with Crippen LogP contribution < -0.4 is 0 Å². The minimum Gasteiger partial charge on any atom is -0.341 e. The second-order valence-corrected chi connectivity index (χ2v) is 5.59. The number of likely N-dealkylation sites (N-methyl/N-ethyl adjacent to an activating group) is 1. The van der Waals surface area contributed by atoms with Crippen LogP contribution in [-0.2, 0) is 24.8 Å². The number of fused-ring (bicyclic) bond motifs is 1. The van der Waals surface area contributed by atoms with Crippen molar-refractivity contribution in [1.29, 1.82) is 0 Å². The topological polar surface area (TPSA) is 38.1 Å². The molecular formula is C18H19N3O. The summed E-state index contributed by atoms with van der Waals surface area (Å²) in [5.74, 6) is 0.110. The van der Waals surface area contributed by atoms with Gasteiger partial charge in [-0.15, -0.1) is 0 Å². The first-order valence-electron chi connectivity index (χ1n) is 7.31. The standard InChI is InChI=1S/C18H19N3O/c1-20(12-14-6-4-3-5-7-14)18(22)11-15-8-9-17-16(10-15)19-13-21(17)2/h3-10,13H,11-12H2,1-2H3. The molecule has 0 aliphatic rings. The van der Waals surface area contributed by atoms with E-state index in [2.05, 4.69) is 4.98 Å². The van der Waals surface area contributed by atoms with Crippen molar-refractivity contribution in [1.82, 2.24) is 14.5 Å². The van der Waals surface area contributed by atoms with Gasteiger partial charge in [-0.2, -0.15) is 0 Å². The lowest BCUT2D eigenvalue weighted by molar-refractivity contribution is -0.129. The molecule has 0 aliphatic carbocycles. The van der Waals surface area contributed by atoms with Gasteiger partial charge >= 0.3 is 0 Å². The van der Waals surface area contributed by atoms with Crippen LogP contribution >= 0.6 is 0 Å². The van der Waals surface area contributed by atoms with Crippen LogP contribution in [0.15, 0.2) is 54.9 Å². The number of amides is 1. The van der Waals surface area contributed by atoms with E-state index in [-0.39, 0.29) is 5.91 Å². The summed E-state index contributed by atoms with van der Waals surface area (Å²) in [6.07, 6.45) is 2.19. The minimum atomic E-state index is 0.110. The molecule has 1 amide bonds. The molecule has 22 heavy (non-hydrogen) atoms. The van der Waals surface area contributed by atoms with Crippen LogP contribution in [0.1, 0.15) is 11.1 Å². The molecule has 0 saturated heterocycles. The van der Waals surface area contributed by atoms with Crippen LogP contribution in [0.3, 0.4) is 0 Å². The quantitative estimate of drug-likeness (QED) is 0.742. The molecule has 1 heterocycles. The second kappa shape index (κ2) is 6.02. The van der Waals surface area contributed by atoms with Crippen molar-refractivity contribution in [2.24, 2.45) is 7.05 Å². The summed E-state index contributed by atoms with van der Waals surface area (Å²) in [6.45, 7) is 0.630. The van der Waals surface area contributed by atoms with Crippen molar-refractivity contribution in [3.63, 3.8) is 0 Å². The fourth-order valence-corrected chi connectivity index (χ4v) is 2.55. The Kier molecular flexibility index (Phi) is 3.92. The largest absolute Gasteiger partial charge is 0.341 e. The molecule has 4 heteroatoms. The Balaban J connectivity index is 1.69. The number of aromatic nitrogens is 2. The predicted octanol–water partition coefficient (Wildman–Crippen LogP) is 2.77. The van der Waals surface area contributed by atoms with Crippen LogP contribution in [0.4, 0.5) is 0 Å². The summed E-state index contributed by atoms with van der Waals surface area (Å²) in [4.78, 5) is 18.5. The molecule has 0 saturated carbocycles. The Labute approximate surface area is 130 Å². The highest BCUT2D eigenvalue weighted by Gasteiger charge is 2.11. The minimum absolute atomic E-state index is 0.110. The summed E-state index contributed by atoms with van der Waals surface area (Å²) in [5.41, 5.74) is 4.14. The number of carbonyl (C=O) groups excluding carboxylic acids is 1. The lowest BCUT2D eigenvalue weighted by atomic mass is 10.1. The van der Waals surface area contributed by atoms with Crippen LogP contribution in [0.25, 0.3) is 11.0 Å². The van der Waals surface area contributed by atoms with Gasteiger partial charge in [0.05, 0.1) is 23.8 Å². The normalized spacial score (nSPS) is 10.8. The van der Waals surface area contributed by atoms with E-state index in [0.29, 0.717) is 13.0 Å². The molecule has 2 aromatic carbocycles. The first-order chi connectivity index (χ1) is 10.6. The zero-order chi connectivity index (χ0) is 15.5. The summed E-state index contributed by atoms with van der Waals surface area (Å²) in [5, 5.41) is 0. The molecule has 0 fully saturated rings. The van der Waals surface area contributed by atoms with Gasteiger partial charge in [-0.05, 0) is 23.3 Å². The maximum atomic E-state index is 12.4. The Morgan fingerprint density at radius 1 is 1.14 bits per heavy atom. The number of hydrogen-bond donors (Lipinski definition) is 0. The molecule has 0 bridgehead atoms. The Morgan fingerprint density at radius 2 is 1.91 bits per heavy atom. The molecule has 0 atom stereocenters.